The molecule has 0 aromatic heterocycles. The molecule has 1 amide bonds. The van der Waals surface area contributed by atoms with Crippen molar-refractivity contribution in [3.63, 3.8) is 0 Å². The number of thiocarbonyl (C=S) groups is 1. The van der Waals surface area contributed by atoms with Gasteiger partial charge in [-0.05, 0) is 60.6 Å². The van der Waals surface area contributed by atoms with Crippen LogP contribution in [0.3, 0.4) is 0 Å². The molecule has 0 spiro atoms. The van der Waals surface area contributed by atoms with Crippen molar-refractivity contribution < 1.29 is 19.4 Å². The molecule has 0 aliphatic heterocycles. The number of ether oxygens (including phenoxy) is 1. The van der Waals surface area contributed by atoms with Crippen molar-refractivity contribution in [2.75, 3.05) is 12.4 Å². The molecule has 0 aliphatic rings. The molecule has 0 saturated heterocycles. The van der Waals surface area contributed by atoms with E-state index in [2.05, 4.69) is 10.6 Å². The number of hydrogen-bond acceptors (Lipinski definition) is 4. The lowest BCUT2D eigenvalue weighted by Crippen LogP contribution is -2.33. The molecule has 0 heterocycles. The molecular weight excluding hydrogens is 352 g/mol. The zero-order chi connectivity index (χ0) is 19.1. The second kappa shape index (κ2) is 8.77. The first-order chi connectivity index (χ1) is 12.4. The third kappa shape index (κ3) is 5.15. The van der Waals surface area contributed by atoms with Crippen molar-refractivity contribution in [3.05, 3.63) is 65.2 Å². The highest BCUT2D eigenvalue weighted by Gasteiger charge is 2.11. The summed E-state index contributed by atoms with van der Waals surface area (Å²) in [6, 6.07) is 12.0. The number of carboxylic acids is 1. The van der Waals surface area contributed by atoms with Crippen LogP contribution in [0.1, 0.15) is 21.5 Å². The average Bonchev–Trinajstić information content (AvgIpc) is 2.62. The number of hydrogen-bond donors (Lipinski definition) is 3. The van der Waals surface area contributed by atoms with Crippen LogP contribution in [0.5, 0.6) is 5.75 Å². The number of carbonyl (C=O) groups excluding carboxylic acids is 1. The Morgan fingerprint density at radius 1 is 1.15 bits per heavy atom. The van der Waals surface area contributed by atoms with Crippen LogP contribution in [-0.4, -0.2) is 29.2 Å². The molecule has 2 rings (SSSR count). The van der Waals surface area contributed by atoms with Gasteiger partial charge in [-0.2, -0.15) is 0 Å². The molecule has 2 aromatic carbocycles. The van der Waals surface area contributed by atoms with Gasteiger partial charge in [0.2, 0.25) is 5.91 Å². The van der Waals surface area contributed by atoms with Crippen molar-refractivity contribution in [1.82, 2.24) is 5.32 Å². The standard InChI is InChI=1S/C19H18N2O4S/c1-12-15(18(23)24)4-3-5-16(12)20-19(26)21-17(22)11-8-13-6-9-14(25-2)10-7-13/h3-11H,1-2H3,(H,23,24)(H2,20,21,22,26)/b11-8+. The Hall–Kier alpha value is -3.19. The second-order valence-electron chi connectivity index (χ2n) is 5.33. The van der Waals surface area contributed by atoms with Gasteiger partial charge in [0.1, 0.15) is 5.75 Å². The molecule has 2 aromatic rings. The zero-order valence-electron chi connectivity index (χ0n) is 14.3. The molecule has 3 N–H and O–H groups in total. The largest absolute Gasteiger partial charge is 0.497 e. The normalized spacial score (nSPS) is 10.4. The fourth-order valence-corrected chi connectivity index (χ4v) is 2.41. The number of anilines is 1. The summed E-state index contributed by atoms with van der Waals surface area (Å²) in [6.45, 7) is 1.67. The monoisotopic (exact) mass is 370 g/mol. The number of nitrogens with one attached hydrogen (secondary N) is 2. The van der Waals surface area contributed by atoms with Gasteiger partial charge in [-0.25, -0.2) is 4.79 Å². The third-order valence-electron chi connectivity index (χ3n) is 3.59. The summed E-state index contributed by atoms with van der Waals surface area (Å²) in [6.07, 6.45) is 3.00. The van der Waals surface area contributed by atoms with Crippen LogP contribution in [0.2, 0.25) is 0 Å². The molecule has 6 nitrogen and oxygen atoms in total. The minimum atomic E-state index is -1.02. The number of carboxylic acid groups (broad SMARTS) is 1. The van der Waals surface area contributed by atoms with Crippen molar-refractivity contribution in [2.24, 2.45) is 0 Å². The predicted octanol–water partition coefficient (Wildman–Crippen LogP) is 3.23. The highest BCUT2D eigenvalue weighted by molar-refractivity contribution is 7.80. The maximum Gasteiger partial charge on any atom is 0.336 e. The highest BCUT2D eigenvalue weighted by atomic mass is 32.1. The molecule has 7 heteroatoms. The molecule has 0 aliphatic carbocycles. The van der Waals surface area contributed by atoms with Crippen LogP contribution < -0.4 is 15.4 Å². The number of rotatable bonds is 5. The van der Waals surface area contributed by atoms with Crippen LogP contribution in [0.15, 0.2) is 48.5 Å². The van der Waals surface area contributed by atoms with Gasteiger partial charge < -0.3 is 15.2 Å². The number of carbonyl (C=O) groups is 2. The maximum atomic E-state index is 12.0. The minimum Gasteiger partial charge on any atom is -0.497 e. The predicted molar refractivity (Wildman–Crippen MR) is 105 cm³/mol. The van der Waals surface area contributed by atoms with Gasteiger partial charge in [-0.3, -0.25) is 10.1 Å². The number of amides is 1. The van der Waals surface area contributed by atoms with Crippen LogP contribution in [0.25, 0.3) is 6.08 Å². The van der Waals surface area contributed by atoms with Gasteiger partial charge in [0, 0.05) is 11.8 Å². The van der Waals surface area contributed by atoms with E-state index in [0.717, 1.165) is 11.3 Å². The van der Waals surface area contributed by atoms with Crippen LogP contribution in [-0.2, 0) is 4.79 Å². The van der Waals surface area contributed by atoms with E-state index in [-0.39, 0.29) is 10.7 Å². The van der Waals surface area contributed by atoms with Crippen molar-refractivity contribution in [1.29, 1.82) is 0 Å². The van der Waals surface area contributed by atoms with E-state index in [9.17, 15) is 9.59 Å². The Balaban J connectivity index is 1.97. The molecule has 0 unspecified atom stereocenters. The van der Waals surface area contributed by atoms with E-state index in [1.165, 1.54) is 12.1 Å². The summed E-state index contributed by atoms with van der Waals surface area (Å²) in [5.41, 5.74) is 2.06. The Morgan fingerprint density at radius 3 is 2.46 bits per heavy atom. The molecular formula is C19H18N2O4S. The lowest BCUT2D eigenvalue weighted by molar-refractivity contribution is -0.115. The van der Waals surface area contributed by atoms with Crippen LogP contribution >= 0.6 is 12.2 Å². The highest BCUT2D eigenvalue weighted by Crippen LogP contribution is 2.18. The fraction of sp³-hybridized carbons (Fsp3) is 0.105. The maximum absolute atomic E-state index is 12.0. The fourth-order valence-electron chi connectivity index (χ4n) is 2.20. The first-order valence-electron chi connectivity index (χ1n) is 7.67. The zero-order valence-corrected chi connectivity index (χ0v) is 15.1. The lowest BCUT2D eigenvalue weighted by atomic mass is 10.1. The van der Waals surface area contributed by atoms with Gasteiger partial charge in [0.15, 0.2) is 5.11 Å². The topological polar surface area (TPSA) is 87.7 Å². The summed E-state index contributed by atoms with van der Waals surface area (Å²) < 4.78 is 5.07. The summed E-state index contributed by atoms with van der Waals surface area (Å²) in [4.78, 5) is 23.1. The summed E-state index contributed by atoms with van der Waals surface area (Å²) in [7, 11) is 1.58. The average molecular weight is 370 g/mol. The molecule has 0 bridgehead atoms. The molecule has 26 heavy (non-hydrogen) atoms. The number of benzene rings is 2. The van der Waals surface area contributed by atoms with Crippen molar-refractivity contribution in [3.8, 4) is 5.75 Å². The smallest absolute Gasteiger partial charge is 0.336 e. The summed E-state index contributed by atoms with van der Waals surface area (Å²) in [5.74, 6) is -0.690. The first-order valence-corrected chi connectivity index (χ1v) is 8.08. The van der Waals surface area contributed by atoms with E-state index in [4.69, 9.17) is 22.1 Å². The van der Waals surface area contributed by atoms with Crippen molar-refractivity contribution in [2.45, 2.75) is 6.92 Å². The van der Waals surface area contributed by atoms with Gasteiger partial charge >= 0.3 is 5.97 Å². The summed E-state index contributed by atoms with van der Waals surface area (Å²) in [5, 5.41) is 14.6. The Labute approximate surface area is 156 Å². The molecule has 0 atom stereocenters. The van der Waals surface area contributed by atoms with Gasteiger partial charge in [-0.15, -0.1) is 0 Å². The SMILES string of the molecule is COc1ccc(/C=C/C(=O)NC(=S)Nc2cccc(C(=O)O)c2C)cc1. The number of aromatic carboxylic acids is 1. The van der Waals surface area contributed by atoms with Gasteiger partial charge in [0.25, 0.3) is 0 Å². The minimum absolute atomic E-state index is 0.0834. The molecule has 0 fully saturated rings. The van der Waals surface area contributed by atoms with E-state index < -0.39 is 11.9 Å². The first kappa shape index (κ1) is 19.1. The van der Waals surface area contributed by atoms with E-state index in [0.29, 0.717) is 11.3 Å². The lowest BCUT2D eigenvalue weighted by Gasteiger charge is -2.12. The van der Waals surface area contributed by atoms with E-state index >= 15 is 0 Å². The quantitative estimate of drug-likeness (QED) is 0.553. The molecule has 134 valence electrons. The van der Waals surface area contributed by atoms with Crippen LogP contribution in [0.4, 0.5) is 5.69 Å². The summed E-state index contributed by atoms with van der Waals surface area (Å²) >= 11 is 5.10. The molecule has 0 radical (unpaired) electrons. The van der Waals surface area contributed by atoms with Crippen LogP contribution in [0, 0.1) is 6.92 Å². The third-order valence-corrected chi connectivity index (χ3v) is 3.80. The Kier molecular flexibility index (Phi) is 6.46. The van der Waals surface area contributed by atoms with Gasteiger partial charge in [-0.1, -0.05) is 18.2 Å². The van der Waals surface area contributed by atoms with Gasteiger partial charge in [0.05, 0.1) is 12.7 Å². The Bertz CT molecular complexity index is 860. The Morgan fingerprint density at radius 2 is 1.85 bits per heavy atom. The molecule has 0 saturated carbocycles. The number of methoxy groups -OCH3 is 1. The van der Waals surface area contributed by atoms with Crippen molar-refractivity contribution >= 4 is 41.0 Å². The van der Waals surface area contributed by atoms with E-state index in [1.54, 1.807) is 44.4 Å². The second-order valence-corrected chi connectivity index (χ2v) is 5.74. The van der Waals surface area contributed by atoms with E-state index in [1.807, 2.05) is 12.1 Å².